The first-order valence-electron chi connectivity index (χ1n) is 8.36. The minimum absolute atomic E-state index is 0.234. The second-order valence-electron chi connectivity index (χ2n) is 5.36. The molecule has 0 amide bonds. The second kappa shape index (κ2) is 9.68. The van der Waals surface area contributed by atoms with E-state index >= 15 is 0 Å². The van der Waals surface area contributed by atoms with Crippen LogP contribution >= 0.6 is 0 Å². The normalized spacial score (nSPS) is 10.2. The van der Waals surface area contributed by atoms with Gasteiger partial charge in [0.05, 0.1) is 18.8 Å². The van der Waals surface area contributed by atoms with Crippen molar-refractivity contribution in [2.75, 3.05) is 19.8 Å². The molecule has 0 aliphatic heterocycles. The quantitative estimate of drug-likeness (QED) is 0.530. The van der Waals surface area contributed by atoms with E-state index in [-0.39, 0.29) is 12.6 Å². The number of carbonyl (C=O) groups excluding carboxylic acids is 1. The topological polar surface area (TPSA) is 35.5 Å². The van der Waals surface area contributed by atoms with Crippen molar-refractivity contribution in [3.05, 3.63) is 77.4 Å². The lowest BCUT2D eigenvalue weighted by atomic mass is 9.93. The molecule has 0 atom stereocenters. The third-order valence-corrected chi connectivity index (χ3v) is 3.56. The predicted octanol–water partition coefficient (Wildman–Crippen LogP) is 4.48. The highest BCUT2D eigenvalue weighted by Crippen LogP contribution is 2.28. The minimum Gasteiger partial charge on any atom is -0.462 e. The van der Waals surface area contributed by atoms with Crippen LogP contribution in [0.2, 0.25) is 0 Å². The zero-order valence-electron chi connectivity index (χ0n) is 14.3. The maximum Gasteiger partial charge on any atom is 0.337 e. The molecule has 0 aliphatic carbocycles. The lowest BCUT2D eigenvalue weighted by molar-refractivity contribution is -0.139. The molecule has 126 valence electrons. The van der Waals surface area contributed by atoms with Crippen LogP contribution in [0.25, 0.3) is 5.57 Å². The number of esters is 1. The van der Waals surface area contributed by atoms with E-state index in [4.69, 9.17) is 9.47 Å². The fourth-order valence-electron chi connectivity index (χ4n) is 2.44. The van der Waals surface area contributed by atoms with Gasteiger partial charge in [0.25, 0.3) is 0 Å². The summed E-state index contributed by atoms with van der Waals surface area (Å²) >= 11 is 0. The van der Waals surface area contributed by atoms with Crippen molar-refractivity contribution in [3.63, 3.8) is 0 Å². The third-order valence-electron chi connectivity index (χ3n) is 3.56. The molecule has 2 rings (SSSR count). The SMILES string of the molecule is CCCOC(=O)C(COCC)=C(c1ccccc1)c1ccccc1. The molecule has 3 nitrogen and oxygen atoms in total. The van der Waals surface area contributed by atoms with Gasteiger partial charge in [-0.2, -0.15) is 0 Å². The van der Waals surface area contributed by atoms with E-state index < -0.39 is 0 Å². The van der Waals surface area contributed by atoms with Crippen molar-refractivity contribution in [3.8, 4) is 0 Å². The van der Waals surface area contributed by atoms with E-state index in [9.17, 15) is 4.79 Å². The highest BCUT2D eigenvalue weighted by atomic mass is 16.5. The molecule has 0 N–H and O–H groups in total. The van der Waals surface area contributed by atoms with E-state index in [1.165, 1.54) is 0 Å². The van der Waals surface area contributed by atoms with Crippen molar-refractivity contribution in [2.24, 2.45) is 0 Å². The molecule has 0 heterocycles. The number of hydrogen-bond donors (Lipinski definition) is 0. The molecule has 2 aromatic rings. The van der Waals surface area contributed by atoms with E-state index in [0.717, 1.165) is 23.1 Å². The molecule has 0 radical (unpaired) electrons. The fourth-order valence-corrected chi connectivity index (χ4v) is 2.44. The molecule has 24 heavy (non-hydrogen) atoms. The smallest absolute Gasteiger partial charge is 0.337 e. The van der Waals surface area contributed by atoms with Gasteiger partial charge in [0.15, 0.2) is 0 Å². The van der Waals surface area contributed by atoms with Crippen LogP contribution in [0.5, 0.6) is 0 Å². The number of rotatable bonds is 8. The van der Waals surface area contributed by atoms with Gasteiger partial charge in [-0.25, -0.2) is 4.79 Å². The van der Waals surface area contributed by atoms with E-state index in [2.05, 4.69) is 0 Å². The zero-order chi connectivity index (χ0) is 17.2. The Kier molecular flexibility index (Phi) is 7.24. The molecular weight excluding hydrogens is 300 g/mol. The molecule has 3 heteroatoms. The maximum absolute atomic E-state index is 12.6. The van der Waals surface area contributed by atoms with Crippen LogP contribution in [0.4, 0.5) is 0 Å². The summed E-state index contributed by atoms with van der Waals surface area (Å²) in [6, 6.07) is 19.8. The van der Waals surface area contributed by atoms with E-state index in [0.29, 0.717) is 18.8 Å². The summed E-state index contributed by atoms with van der Waals surface area (Å²) in [5, 5.41) is 0. The first-order chi connectivity index (χ1) is 11.8. The molecule has 0 saturated heterocycles. The molecule has 0 aliphatic rings. The molecule has 2 aromatic carbocycles. The van der Waals surface area contributed by atoms with Crippen molar-refractivity contribution >= 4 is 11.5 Å². The van der Waals surface area contributed by atoms with Crippen LogP contribution in [0.15, 0.2) is 66.2 Å². The first-order valence-corrected chi connectivity index (χ1v) is 8.36. The molecule has 0 bridgehead atoms. The summed E-state index contributed by atoms with van der Waals surface area (Å²) in [6.07, 6.45) is 0.791. The van der Waals surface area contributed by atoms with Crippen LogP contribution in [-0.4, -0.2) is 25.8 Å². The largest absolute Gasteiger partial charge is 0.462 e. The van der Waals surface area contributed by atoms with Gasteiger partial charge < -0.3 is 9.47 Å². The number of ether oxygens (including phenoxy) is 2. The van der Waals surface area contributed by atoms with Gasteiger partial charge in [0.2, 0.25) is 0 Å². The van der Waals surface area contributed by atoms with Gasteiger partial charge in [-0.15, -0.1) is 0 Å². The van der Waals surface area contributed by atoms with E-state index in [1.807, 2.05) is 74.5 Å². The van der Waals surface area contributed by atoms with Crippen LogP contribution < -0.4 is 0 Å². The fraction of sp³-hybridized carbons (Fsp3) is 0.286. The molecule has 0 saturated carbocycles. The molecule has 0 unspecified atom stereocenters. The molecule has 0 spiro atoms. The summed E-state index contributed by atoms with van der Waals surface area (Å²) in [6.45, 7) is 5.08. The predicted molar refractivity (Wildman–Crippen MR) is 96.6 cm³/mol. The monoisotopic (exact) mass is 324 g/mol. The van der Waals surface area contributed by atoms with Crippen molar-refractivity contribution in [2.45, 2.75) is 20.3 Å². The van der Waals surface area contributed by atoms with Gasteiger partial charge >= 0.3 is 5.97 Å². The lowest BCUT2D eigenvalue weighted by Gasteiger charge is -2.16. The van der Waals surface area contributed by atoms with Crippen molar-refractivity contribution in [1.82, 2.24) is 0 Å². The molecular formula is C21H24O3. The van der Waals surface area contributed by atoms with Gasteiger partial charge in [-0.3, -0.25) is 0 Å². The summed E-state index contributed by atoms with van der Waals surface area (Å²) in [7, 11) is 0. The minimum atomic E-state index is -0.312. The highest BCUT2D eigenvalue weighted by Gasteiger charge is 2.19. The van der Waals surface area contributed by atoms with E-state index in [1.54, 1.807) is 0 Å². The van der Waals surface area contributed by atoms with Crippen LogP contribution in [0.1, 0.15) is 31.4 Å². The summed E-state index contributed by atoms with van der Waals surface area (Å²) in [5.41, 5.74) is 3.38. The Morgan fingerprint density at radius 3 is 1.88 bits per heavy atom. The van der Waals surface area contributed by atoms with Gasteiger partial charge in [0, 0.05) is 12.2 Å². The standard InChI is InChI=1S/C21H24O3/c1-3-15-24-21(22)19(16-23-4-2)20(17-11-7-5-8-12-17)18-13-9-6-10-14-18/h5-14H,3-4,15-16H2,1-2H3. The average Bonchev–Trinajstić information content (AvgIpc) is 2.64. The Bertz CT molecular complexity index is 618. The van der Waals surface area contributed by atoms with Crippen LogP contribution in [0, 0.1) is 0 Å². The average molecular weight is 324 g/mol. The third kappa shape index (κ3) is 4.80. The Morgan fingerprint density at radius 1 is 0.875 bits per heavy atom. The Morgan fingerprint density at radius 2 is 1.42 bits per heavy atom. The van der Waals surface area contributed by atoms with Gasteiger partial charge in [-0.05, 0) is 24.5 Å². The van der Waals surface area contributed by atoms with Gasteiger partial charge in [0.1, 0.15) is 0 Å². The van der Waals surface area contributed by atoms with Crippen LogP contribution in [0.3, 0.4) is 0 Å². The number of carbonyl (C=O) groups is 1. The summed E-state index contributed by atoms with van der Waals surface area (Å²) < 4.78 is 11.0. The summed E-state index contributed by atoms with van der Waals surface area (Å²) in [4.78, 5) is 12.6. The highest BCUT2D eigenvalue weighted by molar-refractivity contribution is 6.02. The Labute approximate surface area is 143 Å². The lowest BCUT2D eigenvalue weighted by Crippen LogP contribution is -2.16. The van der Waals surface area contributed by atoms with Gasteiger partial charge in [-0.1, -0.05) is 67.6 Å². The van der Waals surface area contributed by atoms with Crippen LogP contribution in [-0.2, 0) is 14.3 Å². The number of benzene rings is 2. The second-order valence-corrected chi connectivity index (χ2v) is 5.36. The van der Waals surface area contributed by atoms with Crippen molar-refractivity contribution < 1.29 is 14.3 Å². The summed E-state index contributed by atoms with van der Waals surface area (Å²) in [5.74, 6) is -0.312. The maximum atomic E-state index is 12.6. The number of hydrogen-bond acceptors (Lipinski definition) is 3. The molecule has 0 aromatic heterocycles. The van der Waals surface area contributed by atoms with Crippen molar-refractivity contribution in [1.29, 1.82) is 0 Å². The Hall–Kier alpha value is -2.39. The Balaban J connectivity index is 2.56. The first kappa shape index (κ1) is 18.0. The molecule has 0 fully saturated rings. The zero-order valence-corrected chi connectivity index (χ0v) is 14.3.